The second-order valence-electron chi connectivity index (χ2n) is 6.82. The molecule has 0 saturated carbocycles. The molecule has 0 aromatic heterocycles. The summed E-state index contributed by atoms with van der Waals surface area (Å²) in [7, 11) is 0. The van der Waals surface area contributed by atoms with Crippen molar-refractivity contribution in [2.45, 2.75) is 12.8 Å². The molecule has 1 atom stereocenters. The highest BCUT2D eigenvalue weighted by Crippen LogP contribution is 2.29. The molecule has 2 aromatic carbocycles. The van der Waals surface area contributed by atoms with Gasteiger partial charge in [0.1, 0.15) is 5.75 Å². The van der Waals surface area contributed by atoms with Gasteiger partial charge in [-0.15, -0.1) is 0 Å². The van der Waals surface area contributed by atoms with E-state index in [1.165, 1.54) is 29.3 Å². The van der Waals surface area contributed by atoms with E-state index in [-0.39, 0.29) is 11.4 Å². The fourth-order valence-corrected chi connectivity index (χ4v) is 3.15. The third-order valence-corrected chi connectivity index (χ3v) is 4.88. The number of non-ortho nitro benzene ring substituents is 1. The number of anilines is 1. The van der Waals surface area contributed by atoms with E-state index < -0.39 is 22.7 Å². The molecule has 9 heteroatoms. The molecular formula is C20H17N3O6. The summed E-state index contributed by atoms with van der Waals surface area (Å²) in [6.07, 6.45) is 0. The van der Waals surface area contributed by atoms with Crippen LogP contribution in [0.25, 0.3) is 0 Å². The third kappa shape index (κ3) is 3.59. The van der Waals surface area contributed by atoms with E-state index in [1.54, 1.807) is 19.1 Å². The molecule has 2 aliphatic rings. The number of nitrogens with zero attached hydrogens (tertiary/aromatic N) is 3. The van der Waals surface area contributed by atoms with Crippen molar-refractivity contribution in [2.24, 2.45) is 11.0 Å². The number of benzene rings is 2. The summed E-state index contributed by atoms with van der Waals surface area (Å²) >= 11 is 0. The molecule has 9 nitrogen and oxygen atoms in total. The van der Waals surface area contributed by atoms with Crippen molar-refractivity contribution in [3.05, 3.63) is 64.2 Å². The number of carbonyl (C=O) groups excluding carboxylic acids is 2. The quantitative estimate of drug-likeness (QED) is 0.253. The molecule has 4 rings (SSSR count). The van der Waals surface area contributed by atoms with Gasteiger partial charge in [-0.2, -0.15) is 10.1 Å². The highest BCUT2D eigenvalue weighted by Gasteiger charge is 2.41. The van der Waals surface area contributed by atoms with Gasteiger partial charge in [0.05, 0.1) is 29.5 Å². The molecule has 29 heavy (non-hydrogen) atoms. The van der Waals surface area contributed by atoms with Crippen LogP contribution >= 0.6 is 0 Å². The fourth-order valence-electron chi connectivity index (χ4n) is 3.15. The molecule has 0 radical (unpaired) electrons. The Kier molecular flexibility index (Phi) is 4.81. The van der Waals surface area contributed by atoms with Crippen molar-refractivity contribution < 1.29 is 24.0 Å². The highest BCUT2D eigenvalue weighted by atomic mass is 16.6. The number of nitro groups is 1. The van der Waals surface area contributed by atoms with Crippen LogP contribution in [0.5, 0.6) is 5.75 Å². The van der Waals surface area contributed by atoms with Gasteiger partial charge in [-0.25, -0.2) is 0 Å². The van der Waals surface area contributed by atoms with Gasteiger partial charge in [0.15, 0.2) is 5.92 Å². The largest absolute Gasteiger partial charge is 0.426 e. The average molecular weight is 395 g/mol. The molecule has 1 amide bonds. The maximum atomic E-state index is 12.8. The molecule has 0 bridgehead atoms. The van der Waals surface area contributed by atoms with Crippen LogP contribution in [0, 0.1) is 16.0 Å². The Balaban J connectivity index is 1.46. The summed E-state index contributed by atoms with van der Waals surface area (Å²) in [5.74, 6) is -1.96. The minimum atomic E-state index is -1.16. The van der Waals surface area contributed by atoms with Gasteiger partial charge >= 0.3 is 5.97 Å². The number of esters is 1. The molecule has 2 aliphatic heterocycles. The Morgan fingerprint density at radius 2 is 1.83 bits per heavy atom. The lowest BCUT2D eigenvalue weighted by Crippen LogP contribution is -2.35. The van der Waals surface area contributed by atoms with E-state index in [0.717, 1.165) is 5.56 Å². The molecule has 0 spiro atoms. The Bertz CT molecular complexity index is 996. The predicted octanol–water partition coefficient (Wildman–Crippen LogP) is 2.65. The van der Waals surface area contributed by atoms with Gasteiger partial charge in [-0.05, 0) is 36.8 Å². The zero-order valence-electron chi connectivity index (χ0n) is 15.5. The molecule has 1 fully saturated rings. The molecule has 0 N–H and O–H groups in total. The topological polar surface area (TPSA) is 111 Å². The molecule has 0 aliphatic carbocycles. The van der Waals surface area contributed by atoms with Crippen molar-refractivity contribution in [2.75, 3.05) is 18.2 Å². The van der Waals surface area contributed by atoms with E-state index in [2.05, 4.69) is 5.10 Å². The number of ether oxygens (including phenoxy) is 2. The first kappa shape index (κ1) is 18.8. The van der Waals surface area contributed by atoms with E-state index in [0.29, 0.717) is 30.5 Å². The normalized spacial score (nSPS) is 18.9. The van der Waals surface area contributed by atoms with Gasteiger partial charge in [0.2, 0.25) is 0 Å². The number of rotatable bonds is 5. The van der Waals surface area contributed by atoms with Crippen LogP contribution < -0.4 is 9.75 Å². The predicted molar refractivity (Wildman–Crippen MR) is 103 cm³/mol. The molecule has 2 heterocycles. The van der Waals surface area contributed by atoms with Gasteiger partial charge in [-0.3, -0.25) is 19.7 Å². The summed E-state index contributed by atoms with van der Waals surface area (Å²) in [5, 5.41) is 16.1. The third-order valence-electron chi connectivity index (χ3n) is 4.88. The Morgan fingerprint density at radius 1 is 1.17 bits per heavy atom. The van der Waals surface area contributed by atoms with Crippen molar-refractivity contribution in [3.63, 3.8) is 0 Å². The highest BCUT2D eigenvalue weighted by molar-refractivity contribution is 6.25. The summed E-state index contributed by atoms with van der Waals surface area (Å²) in [6.45, 7) is 2.96. The number of hydrogen-bond donors (Lipinski definition) is 0. The van der Waals surface area contributed by atoms with E-state index in [4.69, 9.17) is 9.47 Å². The van der Waals surface area contributed by atoms with Gasteiger partial charge in [-0.1, -0.05) is 12.1 Å². The van der Waals surface area contributed by atoms with E-state index >= 15 is 0 Å². The summed E-state index contributed by atoms with van der Waals surface area (Å²) in [6, 6.07) is 12.5. The second kappa shape index (κ2) is 7.44. The SMILES string of the molecule is CC1=NN(c2ccc(C3COC3)cc2)C(=O)C1C(=O)Oc1ccc([N+](=O)[O-])cc1. The lowest BCUT2D eigenvalue weighted by molar-refractivity contribution is -0.384. The van der Waals surface area contributed by atoms with Crippen molar-refractivity contribution in [3.8, 4) is 5.75 Å². The molecule has 148 valence electrons. The van der Waals surface area contributed by atoms with E-state index in [9.17, 15) is 19.7 Å². The fraction of sp³-hybridized carbons (Fsp3) is 0.250. The number of hydrazone groups is 1. The van der Waals surface area contributed by atoms with Crippen molar-refractivity contribution >= 4 is 29.0 Å². The molecule has 1 unspecified atom stereocenters. The van der Waals surface area contributed by atoms with Crippen LogP contribution in [0.2, 0.25) is 0 Å². The van der Waals surface area contributed by atoms with Crippen LogP contribution in [0.1, 0.15) is 18.4 Å². The standard InChI is InChI=1S/C20H17N3O6/c1-12-18(20(25)29-17-8-6-16(7-9-17)23(26)27)19(24)22(21-12)15-4-2-13(3-5-15)14-10-28-11-14/h2-9,14,18H,10-11H2,1H3. The minimum Gasteiger partial charge on any atom is -0.426 e. The lowest BCUT2D eigenvalue weighted by Gasteiger charge is -2.26. The number of amides is 1. The summed E-state index contributed by atoms with van der Waals surface area (Å²) in [4.78, 5) is 35.5. The van der Waals surface area contributed by atoms with Gasteiger partial charge in [0, 0.05) is 18.1 Å². The molecule has 2 aromatic rings. The van der Waals surface area contributed by atoms with Crippen LogP contribution in [0.4, 0.5) is 11.4 Å². The van der Waals surface area contributed by atoms with E-state index in [1.807, 2.05) is 12.1 Å². The number of carbonyl (C=O) groups is 2. The Labute approximate surface area is 165 Å². The Morgan fingerprint density at radius 3 is 2.38 bits per heavy atom. The van der Waals surface area contributed by atoms with Crippen molar-refractivity contribution in [1.29, 1.82) is 0 Å². The molecular weight excluding hydrogens is 378 g/mol. The summed E-state index contributed by atoms with van der Waals surface area (Å²) < 4.78 is 10.4. The zero-order chi connectivity index (χ0) is 20.5. The first-order valence-corrected chi connectivity index (χ1v) is 8.97. The lowest BCUT2D eigenvalue weighted by atomic mass is 9.97. The first-order valence-electron chi connectivity index (χ1n) is 8.97. The van der Waals surface area contributed by atoms with Crippen molar-refractivity contribution in [1.82, 2.24) is 0 Å². The summed E-state index contributed by atoms with van der Waals surface area (Å²) in [5.41, 5.74) is 1.88. The maximum Gasteiger partial charge on any atom is 0.329 e. The minimum absolute atomic E-state index is 0.117. The number of nitro benzene ring substituents is 1. The average Bonchev–Trinajstić information content (AvgIpc) is 2.95. The van der Waals surface area contributed by atoms with Gasteiger partial charge < -0.3 is 9.47 Å². The van der Waals surface area contributed by atoms with Gasteiger partial charge in [0.25, 0.3) is 11.6 Å². The maximum absolute atomic E-state index is 12.8. The van der Waals surface area contributed by atoms with Crippen LogP contribution in [0.15, 0.2) is 53.6 Å². The molecule has 1 saturated heterocycles. The Hall–Kier alpha value is -3.59. The van der Waals surface area contributed by atoms with Crippen LogP contribution in [0.3, 0.4) is 0 Å². The smallest absolute Gasteiger partial charge is 0.329 e. The first-order chi connectivity index (χ1) is 13.9. The van der Waals surface area contributed by atoms with Crippen LogP contribution in [-0.2, 0) is 14.3 Å². The monoisotopic (exact) mass is 395 g/mol. The van der Waals surface area contributed by atoms with Crippen LogP contribution in [-0.4, -0.2) is 35.7 Å². The zero-order valence-corrected chi connectivity index (χ0v) is 15.5. The number of hydrogen-bond acceptors (Lipinski definition) is 7. The second-order valence-corrected chi connectivity index (χ2v) is 6.82.